The van der Waals surface area contributed by atoms with Gasteiger partial charge in [-0.3, -0.25) is 0 Å². The molecule has 1 saturated carbocycles. The minimum absolute atomic E-state index is 0.360. The van der Waals surface area contributed by atoms with E-state index >= 15 is 0 Å². The molecular formula is C17H24O2. The van der Waals surface area contributed by atoms with E-state index < -0.39 is 5.60 Å². The molecule has 3 rings (SSSR count). The molecular weight excluding hydrogens is 236 g/mol. The first-order chi connectivity index (χ1) is 8.83. The summed E-state index contributed by atoms with van der Waals surface area (Å²) in [6.07, 6.45) is 3.68. The molecule has 1 heterocycles. The number of hydrogen-bond donors (Lipinski definition) is 1. The molecule has 0 radical (unpaired) electrons. The van der Waals surface area contributed by atoms with Gasteiger partial charge in [0.2, 0.25) is 0 Å². The van der Waals surface area contributed by atoms with Crippen LogP contribution in [0.5, 0.6) is 5.75 Å². The van der Waals surface area contributed by atoms with E-state index in [4.69, 9.17) is 4.74 Å². The van der Waals surface area contributed by atoms with Crippen molar-refractivity contribution < 1.29 is 9.84 Å². The summed E-state index contributed by atoms with van der Waals surface area (Å²) in [6, 6.07) is 4.45. The van der Waals surface area contributed by atoms with E-state index in [2.05, 4.69) is 26.0 Å². The number of aliphatic hydroxyl groups is 1. The molecule has 0 bridgehead atoms. The van der Waals surface area contributed by atoms with Crippen molar-refractivity contribution >= 4 is 0 Å². The molecule has 19 heavy (non-hydrogen) atoms. The molecule has 0 amide bonds. The van der Waals surface area contributed by atoms with E-state index in [9.17, 15) is 5.11 Å². The molecule has 2 nitrogen and oxygen atoms in total. The molecule has 1 aliphatic carbocycles. The highest BCUT2D eigenvalue weighted by molar-refractivity contribution is 5.54. The van der Waals surface area contributed by atoms with E-state index in [0.717, 1.165) is 24.3 Å². The number of ether oxygens (including phenoxy) is 1. The van der Waals surface area contributed by atoms with Gasteiger partial charge >= 0.3 is 0 Å². The molecule has 0 atom stereocenters. The van der Waals surface area contributed by atoms with E-state index in [-0.39, 0.29) is 0 Å². The first-order valence-corrected chi connectivity index (χ1v) is 7.38. The molecule has 0 saturated heterocycles. The topological polar surface area (TPSA) is 29.5 Å². The minimum atomic E-state index is -0.845. The molecule has 2 heteroatoms. The normalized spacial score (nSPS) is 20.3. The molecule has 1 N–H and O–H groups in total. The van der Waals surface area contributed by atoms with Crippen molar-refractivity contribution in [3.05, 3.63) is 28.8 Å². The summed E-state index contributed by atoms with van der Waals surface area (Å²) in [6.45, 7) is 8.91. The lowest BCUT2D eigenvalue weighted by atomic mass is 9.82. The summed E-state index contributed by atoms with van der Waals surface area (Å²) in [5.41, 5.74) is 3.13. The number of benzene rings is 1. The van der Waals surface area contributed by atoms with Crippen molar-refractivity contribution in [1.29, 1.82) is 0 Å². The number of fused-ring (bicyclic) bond motifs is 2. The Morgan fingerprint density at radius 1 is 1.21 bits per heavy atom. The van der Waals surface area contributed by atoms with Gasteiger partial charge in [-0.1, -0.05) is 19.9 Å². The Morgan fingerprint density at radius 2 is 1.89 bits per heavy atom. The average molecular weight is 260 g/mol. The molecule has 104 valence electrons. The van der Waals surface area contributed by atoms with Gasteiger partial charge < -0.3 is 9.84 Å². The van der Waals surface area contributed by atoms with Crippen LogP contribution in [0.2, 0.25) is 0 Å². The van der Waals surface area contributed by atoms with Gasteiger partial charge in [-0.2, -0.15) is 0 Å². The predicted octanol–water partition coefficient (Wildman–Crippen LogP) is 3.85. The van der Waals surface area contributed by atoms with Crippen molar-refractivity contribution in [3.63, 3.8) is 0 Å². The summed E-state index contributed by atoms with van der Waals surface area (Å²) in [5, 5.41) is 10.5. The van der Waals surface area contributed by atoms with Crippen molar-refractivity contribution in [2.45, 2.75) is 63.9 Å². The third kappa shape index (κ3) is 2.06. The van der Waals surface area contributed by atoms with Crippen molar-refractivity contribution in [1.82, 2.24) is 0 Å². The second-order valence-electron chi connectivity index (χ2n) is 7.04. The van der Waals surface area contributed by atoms with Crippen LogP contribution in [-0.4, -0.2) is 11.7 Å². The molecule has 1 aromatic rings. The highest BCUT2D eigenvalue weighted by Crippen LogP contribution is 2.57. The third-order valence-electron chi connectivity index (χ3n) is 4.69. The van der Waals surface area contributed by atoms with Gasteiger partial charge in [-0.25, -0.2) is 0 Å². The number of hydrogen-bond acceptors (Lipinski definition) is 2. The van der Waals surface area contributed by atoms with Crippen LogP contribution in [0.25, 0.3) is 0 Å². The van der Waals surface area contributed by atoms with Gasteiger partial charge in [-0.05, 0) is 50.7 Å². The van der Waals surface area contributed by atoms with Crippen LogP contribution in [0.4, 0.5) is 0 Å². The monoisotopic (exact) mass is 260 g/mol. The Hall–Kier alpha value is -1.02. The molecule has 1 fully saturated rings. The van der Waals surface area contributed by atoms with Gasteiger partial charge in [-0.15, -0.1) is 0 Å². The van der Waals surface area contributed by atoms with Crippen LogP contribution in [0, 0.1) is 0 Å². The Morgan fingerprint density at radius 3 is 2.42 bits per heavy atom. The maximum atomic E-state index is 10.5. The number of rotatable bonds is 2. The van der Waals surface area contributed by atoms with Crippen molar-refractivity contribution in [3.8, 4) is 5.75 Å². The summed E-state index contributed by atoms with van der Waals surface area (Å²) in [5.74, 6) is 1.43. The summed E-state index contributed by atoms with van der Waals surface area (Å²) < 4.78 is 5.93. The van der Waals surface area contributed by atoms with Gasteiger partial charge in [0.1, 0.15) is 5.75 Å². The smallest absolute Gasteiger partial charge is 0.129 e. The average Bonchev–Trinajstić information content (AvgIpc) is 3.08. The highest BCUT2D eigenvalue weighted by Gasteiger charge is 2.49. The van der Waals surface area contributed by atoms with Crippen LogP contribution < -0.4 is 4.74 Å². The Kier molecular flexibility index (Phi) is 2.72. The van der Waals surface area contributed by atoms with Crippen molar-refractivity contribution in [2.75, 3.05) is 6.61 Å². The molecule has 1 aromatic carbocycles. The fourth-order valence-corrected chi connectivity index (χ4v) is 3.14. The van der Waals surface area contributed by atoms with Gasteiger partial charge in [0.15, 0.2) is 0 Å². The SMILES string of the molecule is CC(C)c1cc(C(C)(C)O)c2c(c1)C1(CCO2)CC1. The summed E-state index contributed by atoms with van der Waals surface area (Å²) in [4.78, 5) is 0. The lowest BCUT2D eigenvalue weighted by Crippen LogP contribution is -2.25. The quantitative estimate of drug-likeness (QED) is 0.875. The summed E-state index contributed by atoms with van der Waals surface area (Å²) in [7, 11) is 0. The Labute approximate surface area is 115 Å². The largest absolute Gasteiger partial charge is 0.493 e. The Balaban J connectivity index is 2.22. The zero-order valence-corrected chi connectivity index (χ0v) is 12.4. The van der Waals surface area contributed by atoms with Crippen LogP contribution >= 0.6 is 0 Å². The second-order valence-corrected chi connectivity index (χ2v) is 7.04. The summed E-state index contributed by atoms with van der Waals surface area (Å²) >= 11 is 0. The molecule has 2 aliphatic rings. The molecule has 1 spiro atoms. The van der Waals surface area contributed by atoms with Crippen LogP contribution in [0.3, 0.4) is 0 Å². The highest BCUT2D eigenvalue weighted by atomic mass is 16.5. The maximum Gasteiger partial charge on any atom is 0.129 e. The first kappa shape index (κ1) is 13.0. The van der Waals surface area contributed by atoms with Gasteiger partial charge in [0, 0.05) is 16.5 Å². The zero-order chi connectivity index (χ0) is 13.8. The lowest BCUT2D eigenvalue weighted by Gasteiger charge is -2.32. The fraction of sp³-hybridized carbons (Fsp3) is 0.647. The maximum absolute atomic E-state index is 10.5. The lowest BCUT2D eigenvalue weighted by molar-refractivity contribution is 0.0732. The van der Waals surface area contributed by atoms with Gasteiger partial charge in [0.25, 0.3) is 0 Å². The van der Waals surface area contributed by atoms with E-state index in [1.54, 1.807) is 0 Å². The third-order valence-corrected chi connectivity index (χ3v) is 4.69. The predicted molar refractivity (Wildman–Crippen MR) is 76.8 cm³/mol. The van der Waals surface area contributed by atoms with Crippen LogP contribution in [0.1, 0.15) is 69.6 Å². The molecule has 1 aliphatic heterocycles. The fourth-order valence-electron chi connectivity index (χ4n) is 3.14. The van der Waals surface area contributed by atoms with E-state index in [1.807, 2.05) is 13.8 Å². The standard InChI is InChI=1S/C17H24O2/c1-11(2)12-9-13(16(3,4)18)15-14(10-12)17(5-6-17)7-8-19-15/h9-11,18H,5-8H2,1-4H3. The second kappa shape index (κ2) is 3.99. The van der Waals surface area contributed by atoms with Crippen molar-refractivity contribution in [2.24, 2.45) is 0 Å². The van der Waals surface area contributed by atoms with Crippen LogP contribution in [-0.2, 0) is 11.0 Å². The minimum Gasteiger partial charge on any atom is -0.493 e. The zero-order valence-electron chi connectivity index (χ0n) is 12.4. The first-order valence-electron chi connectivity index (χ1n) is 7.38. The van der Waals surface area contributed by atoms with Crippen LogP contribution in [0.15, 0.2) is 12.1 Å². The van der Waals surface area contributed by atoms with Gasteiger partial charge in [0.05, 0.1) is 12.2 Å². The van der Waals surface area contributed by atoms with E-state index in [1.165, 1.54) is 24.0 Å². The molecule has 0 aromatic heterocycles. The molecule has 0 unspecified atom stereocenters. The van der Waals surface area contributed by atoms with E-state index in [0.29, 0.717) is 11.3 Å². The Bertz CT molecular complexity index is 487.